The Labute approximate surface area is 112 Å². The first-order valence-electron chi connectivity index (χ1n) is 6.15. The Kier molecular flexibility index (Phi) is 3.64. The summed E-state index contributed by atoms with van der Waals surface area (Å²) in [4.78, 5) is 2.04. The molecule has 5 nitrogen and oxygen atoms in total. The number of nitrogens with zero attached hydrogens (tertiary/aromatic N) is 3. The van der Waals surface area contributed by atoms with E-state index in [2.05, 4.69) is 17.1 Å². The van der Waals surface area contributed by atoms with E-state index in [4.69, 9.17) is 0 Å². The van der Waals surface area contributed by atoms with Crippen molar-refractivity contribution in [3.63, 3.8) is 0 Å². The number of anilines is 1. The lowest BCUT2D eigenvalue weighted by molar-refractivity contribution is 0.522. The Morgan fingerprint density at radius 1 is 1.39 bits per heavy atom. The van der Waals surface area contributed by atoms with Gasteiger partial charge in [0.2, 0.25) is 5.13 Å². The van der Waals surface area contributed by atoms with Crippen LogP contribution < -0.4 is 4.90 Å². The van der Waals surface area contributed by atoms with Gasteiger partial charge < -0.3 is 4.90 Å². The van der Waals surface area contributed by atoms with E-state index < -0.39 is 14.6 Å². The van der Waals surface area contributed by atoms with Gasteiger partial charge in [-0.05, 0) is 20.3 Å². The lowest BCUT2D eigenvalue weighted by atomic mass is 10.2. The van der Waals surface area contributed by atoms with Gasteiger partial charge in [-0.3, -0.25) is 0 Å². The molecule has 0 radical (unpaired) electrons. The van der Waals surface area contributed by atoms with Gasteiger partial charge in [-0.2, -0.15) is 0 Å². The van der Waals surface area contributed by atoms with E-state index >= 15 is 0 Å². The molecule has 1 aliphatic rings. The molecule has 18 heavy (non-hydrogen) atoms. The topological polar surface area (TPSA) is 63.2 Å². The fourth-order valence-corrected chi connectivity index (χ4v) is 4.33. The van der Waals surface area contributed by atoms with E-state index in [0.717, 1.165) is 23.0 Å². The summed E-state index contributed by atoms with van der Waals surface area (Å²) >= 11 is 1.57. The van der Waals surface area contributed by atoms with Gasteiger partial charge in [0.05, 0.1) is 10.5 Å². The molecule has 0 saturated carbocycles. The summed E-state index contributed by atoms with van der Waals surface area (Å²) in [6, 6.07) is 0. The Morgan fingerprint density at radius 3 is 2.72 bits per heavy atom. The third-order valence-corrected chi connectivity index (χ3v) is 6.81. The van der Waals surface area contributed by atoms with Crippen molar-refractivity contribution in [2.45, 2.75) is 38.4 Å². The molecule has 2 heterocycles. The molecule has 7 heteroatoms. The summed E-state index contributed by atoms with van der Waals surface area (Å²) in [5.74, 6) is 0.197. The third-order valence-electron chi connectivity index (χ3n) is 3.23. The number of aromatic nitrogens is 2. The molecule has 0 amide bonds. The zero-order valence-corrected chi connectivity index (χ0v) is 12.6. The van der Waals surface area contributed by atoms with Crippen LogP contribution in [-0.4, -0.2) is 42.2 Å². The molecule has 1 aromatic rings. The molecule has 2 rings (SSSR count). The van der Waals surface area contributed by atoms with Crippen molar-refractivity contribution in [1.82, 2.24) is 10.2 Å². The van der Waals surface area contributed by atoms with Gasteiger partial charge in [0.25, 0.3) is 0 Å². The normalized spacial score (nSPS) is 22.1. The fourth-order valence-electron chi connectivity index (χ4n) is 1.99. The molecular formula is C11H19N3O2S2. The van der Waals surface area contributed by atoms with Crippen molar-refractivity contribution in [2.75, 3.05) is 23.7 Å². The first-order chi connectivity index (χ1) is 8.36. The van der Waals surface area contributed by atoms with E-state index in [1.165, 1.54) is 0 Å². The van der Waals surface area contributed by atoms with Crippen LogP contribution in [0.3, 0.4) is 0 Å². The zero-order chi connectivity index (χ0) is 13.4. The van der Waals surface area contributed by atoms with Gasteiger partial charge >= 0.3 is 0 Å². The maximum atomic E-state index is 11.9. The zero-order valence-electron chi connectivity index (χ0n) is 11.0. The summed E-state index contributed by atoms with van der Waals surface area (Å²) in [7, 11) is -2.99. The largest absolute Gasteiger partial charge is 0.344 e. The highest BCUT2D eigenvalue weighted by molar-refractivity contribution is 7.92. The minimum atomic E-state index is -2.99. The average Bonchev–Trinajstić information content (AvgIpc) is 2.71. The van der Waals surface area contributed by atoms with Crippen molar-refractivity contribution in [2.24, 2.45) is 0 Å². The first kappa shape index (κ1) is 13.7. The maximum absolute atomic E-state index is 11.9. The summed E-state index contributed by atoms with van der Waals surface area (Å²) in [5, 5.41) is 10.2. The number of hydrogen-bond acceptors (Lipinski definition) is 6. The molecule has 1 saturated heterocycles. The number of rotatable bonds is 3. The second-order valence-electron chi connectivity index (χ2n) is 5.23. The molecule has 0 unspecified atom stereocenters. The second-order valence-corrected chi connectivity index (χ2v) is 9.01. The monoisotopic (exact) mass is 289 g/mol. The van der Waals surface area contributed by atoms with Crippen LogP contribution in [0.25, 0.3) is 0 Å². The third kappa shape index (κ3) is 2.51. The Bertz CT molecular complexity index is 522. The highest BCUT2D eigenvalue weighted by atomic mass is 32.2. The van der Waals surface area contributed by atoms with E-state index in [-0.39, 0.29) is 5.75 Å². The van der Waals surface area contributed by atoms with Crippen LogP contribution in [0.4, 0.5) is 5.13 Å². The quantitative estimate of drug-likeness (QED) is 0.844. The second kappa shape index (κ2) is 4.77. The summed E-state index contributed by atoms with van der Waals surface area (Å²) in [6.45, 7) is 6.69. The lowest BCUT2D eigenvalue weighted by Gasteiger charge is -2.37. The first-order valence-corrected chi connectivity index (χ1v) is 8.62. The summed E-state index contributed by atoms with van der Waals surface area (Å²) in [5.41, 5.74) is 0. The van der Waals surface area contributed by atoms with Crippen LogP contribution in [0.15, 0.2) is 0 Å². The van der Waals surface area contributed by atoms with Crippen LogP contribution in [0.5, 0.6) is 0 Å². The molecule has 0 aromatic carbocycles. The van der Waals surface area contributed by atoms with Crippen LogP contribution in [0, 0.1) is 0 Å². The van der Waals surface area contributed by atoms with Crippen LogP contribution in [0.1, 0.15) is 32.2 Å². The van der Waals surface area contributed by atoms with Crippen molar-refractivity contribution in [1.29, 1.82) is 0 Å². The smallest absolute Gasteiger partial charge is 0.208 e. The SMILES string of the molecule is CCCc1nnc(N2CCS(=O)(=O)C(C)(C)C2)s1. The van der Waals surface area contributed by atoms with Crippen LogP contribution >= 0.6 is 11.3 Å². The Morgan fingerprint density at radius 2 is 2.11 bits per heavy atom. The fraction of sp³-hybridized carbons (Fsp3) is 0.818. The summed E-state index contributed by atoms with van der Waals surface area (Å²) < 4.78 is 23.2. The standard InChI is InChI=1S/C11H19N3O2S2/c1-4-5-9-12-13-10(17-9)14-6-7-18(15,16)11(2,3)8-14/h4-8H2,1-3H3. The van der Waals surface area contributed by atoms with Crippen LogP contribution in [-0.2, 0) is 16.3 Å². The van der Waals surface area contributed by atoms with Crippen molar-refractivity contribution in [3.05, 3.63) is 5.01 Å². The molecule has 0 atom stereocenters. The number of sulfone groups is 1. The molecule has 102 valence electrons. The Balaban J connectivity index is 2.16. The van der Waals surface area contributed by atoms with Crippen LogP contribution in [0.2, 0.25) is 0 Å². The molecule has 1 aliphatic heterocycles. The van der Waals surface area contributed by atoms with Crippen molar-refractivity contribution >= 4 is 26.3 Å². The average molecular weight is 289 g/mol. The van der Waals surface area contributed by atoms with Gasteiger partial charge in [0.15, 0.2) is 9.84 Å². The van der Waals surface area contributed by atoms with Gasteiger partial charge in [0, 0.05) is 19.5 Å². The van der Waals surface area contributed by atoms with E-state index in [1.807, 2.05) is 4.90 Å². The molecule has 0 aliphatic carbocycles. The minimum absolute atomic E-state index is 0.197. The van der Waals surface area contributed by atoms with Gasteiger partial charge in [0.1, 0.15) is 5.01 Å². The summed E-state index contributed by atoms with van der Waals surface area (Å²) in [6.07, 6.45) is 1.99. The molecule has 1 aromatic heterocycles. The van der Waals surface area contributed by atoms with E-state index in [9.17, 15) is 8.42 Å². The predicted molar refractivity (Wildman–Crippen MR) is 74.0 cm³/mol. The molecule has 1 fully saturated rings. The number of aryl methyl sites for hydroxylation is 1. The molecule has 0 bridgehead atoms. The van der Waals surface area contributed by atoms with E-state index in [1.54, 1.807) is 25.2 Å². The molecule has 0 N–H and O–H groups in total. The maximum Gasteiger partial charge on any atom is 0.208 e. The van der Waals surface area contributed by atoms with Gasteiger partial charge in [-0.1, -0.05) is 18.3 Å². The highest BCUT2D eigenvalue weighted by Crippen LogP contribution is 2.29. The van der Waals surface area contributed by atoms with Gasteiger partial charge in [-0.15, -0.1) is 10.2 Å². The molecule has 0 spiro atoms. The lowest BCUT2D eigenvalue weighted by Crippen LogP contribution is -2.53. The predicted octanol–water partition coefficient (Wildman–Crippen LogP) is 1.50. The van der Waals surface area contributed by atoms with Crippen molar-refractivity contribution < 1.29 is 8.42 Å². The Hall–Kier alpha value is -0.690. The minimum Gasteiger partial charge on any atom is -0.344 e. The number of hydrogen-bond donors (Lipinski definition) is 0. The van der Waals surface area contributed by atoms with Gasteiger partial charge in [-0.25, -0.2) is 8.42 Å². The highest BCUT2D eigenvalue weighted by Gasteiger charge is 2.40. The molecular weight excluding hydrogens is 270 g/mol. The van der Waals surface area contributed by atoms with E-state index in [0.29, 0.717) is 13.1 Å². The van der Waals surface area contributed by atoms with Crippen molar-refractivity contribution in [3.8, 4) is 0 Å².